The van der Waals surface area contributed by atoms with Crippen molar-refractivity contribution in [1.29, 1.82) is 0 Å². The topological polar surface area (TPSA) is 35.5 Å². The van der Waals surface area contributed by atoms with Crippen molar-refractivity contribution >= 4 is 51.3 Å². The predicted molar refractivity (Wildman–Crippen MR) is 59.1 cm³/mol. The number of hydrogen-bond donors (Lipinski definition) is 0. The first-order chi connectivity index (χ1) is 5.20. The molecule has 0 aromatic heterocycles. The molecule has 0 aromatic rings. The Hall–Kier alpha value is 0.470. The molecule has 5 heteroatoms. The van der Waals surface area contributed by atoms with Crippen molar-refractivity contribution in [3.05, 3.63) is 7.66 Å². The number of carbonyl (C=O) groups is 1. The van der Waals surface area contributed by atoms with Gasteiger partial charge in [-0.05, 0) is 33.6 Å². The molecule has 0 rings (SSSR count). The maximum Gasteiger partial charge on any atom is 0.508 e. The van der Waals surface area contributed by atoms with E-state index in [1.807, 2.05) is 4.08 Å². The SMILES string of the molecule is CCOC(=O)OC/C(I)=C/I. The van der Waals surface area contributed by atoms with Crippen LogP contribution in [0.5, 0.6) is 0 Å². The minimum atomic E-state index is -0.611. The van der Waals surface area contributed by atoms with E-state index in [0.717, 1.165) is 3.58 Å². The van der Waals surface area contributed by atoms with Gasteiger partial charge in [0.05, 0.1) is 6.61 Å². The van der Waals surface area contributed by atoms with Crippen molar-refractivity contribution in [2.45, 2.75) is 6.92 Å². The minimum Gasteiger partial charge on any atom is -0.435 e. The van der Waals surface area contributed by atoms with Crippen LogP contribution in [0.3, 0.4) is 0 Å². The van der Waals surface area contributed by atoms with E-state index in [0.29, 0.717) is 13.2 Å². The van der Waals surface area contributed by atoms with Crippen LogP contribution in [0.4, 0.5) is 4.79 Å². The van der Waals surface area contributed by atoms with Crippen LogP contribution >= 0.6 is 45.2 Å². The molecule has 0 saturated heterocycles. The minimum absolute atomic E-state index is 0.294. The summed E-state index contributed by atoms with van der Waals surface area (Å²) in [6.45, 7) is 2.38. The molecule has 0 aromatic carbocycles. The summed E-state index contributed by atoms with van der Waals surface area (Å²) >= 11 is 4.17. The van der Waals surface area contributed by atoms with Gasteiger partial charge < -0.3 is 9.47 Å². The molecule has 0 N–H and O–H groups in total. The van der Waals surface area contributed by atoms with E-state index in [1.54, 1.807) is 6.92 Å². The van der Waals surface area contributed by atoms with E-state index >= 15 is 0 Å². The molecule has 0 fully saturated rings. The van der Waals surface area contributed by atoms with Gasteiger partial charge in [0.25, 0.3) is 0 Å². The molecule has 0 aliphatic heterocycles. The van der Waals surface area contributed by atoms with Crippen molar-refractivity contribution in [2.75, 3.05) is 13.2 Å². The smallest absolute Gasteiger partial charge is 0.435 e. The Bertz CT molecular complexity index is 156. The Balaban J connectivity index is 3.46. The molecule has 0 saturated carbocycles. The van der Waals surface area contributed by atoms with Gasteiger partial charge in [0.15, 0.2) is 0 Å². The number of hydrogen-bond acceptors (Lipinski definition) is 3. The predicted octanol–water partition coefficient (Wildman–Crippen LogP) is 2.87. The Morgan fingerprint density at radius 1 is 1.55 bits per heavy atom. The van der Waals surface area contributed by atoms with Crippen LogP contribution in [0.2, 0.25) is 0 Å². The van der Waals surface area contributed by atoms with Gasteiger partial charge in [-0.3, -0.25) is 0 Å². The third kappa shape index (κ3) is 6.85. The quantitative estimate of drug-likeness (QED) is 0.557. The lowest BCUT2D eigenvalue weighted by Crippen LogP contribution is -2.07. The van der Waals surface area contributed by atoms with Gasteiger partial charge in [0, 0.05) is 3.58 Å². The van der Waals surface area contributed by atoms with E-state index in [4.69, 9.17) is 4.74 Å². The average Bonchev–Trinajstić information content (AvgIpc) is 2.01. The van der Waals surface area contributed by atoms with Crippen LogP contribution in [0, 0.1) is 0 Å². The fourth-order valence-corrected chi connectivity index (χ4v) is 0.654. The third-order valence-electron chi connectivity index (χ3n) is 0.708. The Labute approximate surface area is 92.8 Å². The Morgan fingerprint density at radius 3 is 2.64 bits per heavy atom. The second-order valence-electron chi connectivity index (χ2n) is 1.53. The van der Waals surface area contributed by atoms with Crippen LogP contribution in [-0.2, 0) is 9.47 Å². The van der Waals surface area contributed by atoms with Crippen LogP contribution in [-0.4, -0.2) is 19.4 Å². The summed E-state index contributed by atoms with van der Waals surface area (Å²) in [6.07, 6.45) is -0.611. The molecular weight excluding hydrogens is 374 g/mol. The fourth-order valence-electron chi connectivity index (χ4n) is 0.319. The number of halogens is 2. The van der Waals surface area contributed by atoms with Crippen LogP contribution in [0.15, 0.2) is 7.66 Å². The number of ether oxygens (including phenoxy) is 2. The zero-order valence-corrected chi connectivity index (χ0v) is 10.3. The van der Waals surface area contributed by atoms with Gasteiger partial charge in [-0.2, -0.15) is 0 Å². The van der Waals surface area contributed by atoms with Crippen molar-refractivity contribution in [2.24, 2.45) is 0 Å². The van der Waals surface area contributed by atoms with Gasteiger partial charge in [-0.25, -0.2) is 4.79 Å². The lowest BCUT2D eigenvalue weighted by molar-refractivity contribution is 0.0671. The first kappa shape index (κ1) is 11.5. The van der Waals surface area contributed by atoms with E-state index in [-0.39, 0.29) is 0 Å². The van der Waals surface area contributed by atoms with Crippen molar-refractivity contribution in [1.82, 2.24) is 0 Å². The summed E-state index contributed by atoms with van der Waals surface area (Å²) in [7, 11) is 0. The Kier molecular flexibility index (Phi) is 7.44. The van der Waals surface area contributed by atoms with E-state index in [1.165, 1.54) is 0 Å². The van der Waals surface area contributed by atoms with Crippen molar-refractivity contribution in [3.63, 3.8) is 0 Å². The third-order valence-corrected chi connectivity index (χ3v) is 3.27. The van der Waals surface area contributed by atoms with Crippen molar-refractivity contribution < 1.29 is 14.3 Å². The van der Waals surface area contributed by atoms with Gasteiger partial charge in [0.1, 0.15) is 6.61 Å². The van der Waals surface area contributed by atoms with Crippen LogP contribution in [0.1, 0.15) is 6.92 Å². The molecule has 0 spiro atoms. The lowest BCUT2D eigenvalue weighted by atomic mass is 10.7. The van der Waals surface area contributed by atoms with Crippen molar-refractivity contribution in [3.8, 4) is 0 Å². The lowest BCUT2D eigenvalue weighted by Gasteiger charge is -2.02. The largest absolute Gasteiger partial charge is 0.508 e. The highest BCUT2D eigenvalue weighted by atomic mass is 127. The monoisotopic (exact) mass is 382 g/mol. The first-order valence-corrected chi connectivity index (χ1v) is 5.27. The first-order valence-electron chi connectivity index (χ1n) is 2.95. The molecule has 11 heavy (non-hydrogen) atoms. The molecule has 0 heterocycles. The maximum absolute atomic E-state index is 10.6. The molecule has 0 aliphatic carbocycles. The summed E-state index contributed by atoms with van der Waals surface area (Å²) in [4.78, 5) is 10.6. The number of carbonyl (C=O) groups excluding carboxylic acids is 1. The molecule has 0 atom stereocenters. The standard InChI is InChI=1S/C6H8I2O3/c1-2-10-6(9)11-4-5(8)3-7/h3H,2,4H2,1H3/b5-3-. The molecule has 0 bridgehead atoms. The molecule has 0 aliphatic rings. The van der Waals surface area contributed by atoms with Gasteiger partial charge >= 0.3 is 6.16 Å². The molecule has 0 radical (unpaired) electrons. The second kappa shape index (κ2) is 7.14. The maximum atomic E-state index is 10.6. The summed E-state index contributed by atoms with van der Waals surface area (Å²) in [5.74, 6) is 0. The van der Waals surface area contributed by atoms with Gasteiger partial charge in [-0.1, -0.05) is 22.6 Å². The fraction of sp³-hybridized carbons (Fsp3) is 0.500. The summed E-state index contributed by atoms with van der Waals surface area (Å²) in [5, 5.41) is 0. The summed E-state index contributed by atoms with van der Waals surface area (Å²) < 4.78 is 12.0. The van der Waals surface area contributed by atoms with E-state index < -0.39 is 6.16 Å². The Morgan fingerprint density at radius 2 is 2.18 bits per heavy atom. The van der Waals surface area contributed by atoms with E-state index in [9.17, 15) is 4.79 Å². The highest BCUT2D eigenvalue weighted by Gasteiger charge is 2.01. The van der Waals surface area contributed by atoms with Gasteiger partial charge in [0.2, 0.25) is 0 Å². The molecule has 64 valence electrons. The van der Waals surface area contributed by atoms with Crippen LogP contribution < -0.4 is 0 Å². The van der Waals surface area contributed by atoms with Gasteiger partial charge in [-0.15, -0.1) is 0 Å². The summed E-state index contributed by atoms with van der Waals surface area (Å²) in [6, 6.07) is 0. The molecule has 0 amide bonds. The molecule has 0 unspecified atom stereocenters. The normalized spacial score (nSPS) is 11.0. The molecular formula is C6H8I2O3. The second-order valence-corrected chi connectivity index (χ2v) is 3.54. The van der Waals surface area contributed by atoms with E-state index in [2.05, 4.69) is 49.9 Å². The molecule has 3 nitrogen and oxygen atoms in total. The average molecular weight is 382 g/mol. The highest BCUT2D eigenvalue weighted by Crippen LogP contribution is 2.09. The number of rotatable bonds is 3. The highest BCUT2D eigenvalue weighted by molar-refractivity contribution is 14.1. The van der Waals surface area contributed by atoms with Crippen LogP contribution in [0.25, 0.3) is 0 Å². The zero-order chi connectivity index (χ0) is 8.69. The zero-order valence-electron chi connectivity index (χ0n) is 5.97. The summed E-state index contributed by atoms with van der Waals surface area (Å²) in [5.41, 5.74) is 0.